The molecule has 0 fully saturated rings. The first kappa shape index (κ1) is 15.6. The van der Waals surface area contributed by atoms with Crippen molar-refractivity contribution in [2.75, 3.05) is 0 Å². The van der Waals surface area contributed by atoms with Crippen molar-refractivity contribution in [1.29, 1.82) is 0 Å². The van der Waals surface area contributed by atoms with E-state index in [4.69, 9.17) is 9.15 Å². The van der Waals surface area contributed by atoms with Gasteiger partial charge in [-0.3, -0.25) is 4.68 Å². The van der Waals surface area contributed by atoms with Crippen molar-refractivity contribution in [2.45, 2.75) is 59.9 Å². The highest BCUT2D eigenvalue weighted by Crippen LogP contribution is 2.18. The third kappa shape index (κ3) is 4.36. The number of rotatable bonds is 7. The molecule has 0 spiro atoms. The van der Waals surface area contributed by atoms with Crippen LogP contribution in [0.5, 0.6) is 5.75 Å². The summed E-state index contributed by atoms with van der Waals surface area (Å²) in [6, 6.07) is 2.85. The van der Waals surface area contributed by atoms with Crippen molar-refractivity contribution >= 4 is 0 Å². The summed E-state index contributed by atoms with van der Waals surface area (Å²) in [6.07, 6.45) is 3.64. The zero-order chi connectivity index (χ0) is 15.4. The van der Waals surface area contributed by atoms with Crippen molar-refractivity contribution in [2.24, 2.45) is 0 Å². The van der Waals surface area contributed by atoms with E-state index in [1.165, 1.54) is 5.56 Å². The maximum Gasteiger partial charge on any atom is 0.157 e. The van der Waals surface area contributed by atoms with Crippen LogP contribution in [0, 0.1) is 6.92 Å². The zero-order valence-electron chi connectivity index (χ0n) is 13.5. The predicted molar refractivity (Wildman–Crippen MR) is 82.4 cm³/mol. The van der Waals surface area contributed by atoms with Gasteiger partial charge in [-0.2, -0.15) is 5.10 Å². The molecule has 0 bridgehead atoms. The minimum atomic E-state index is 0.335. The fourth-order valence-electron chi connectivity index (χ4n) is 1.98. The molecular formula is C16H25N3O2. The Morgan fingerprint density at radius 2 is 2.10 bits per heavy atom. The minimum Gasteiger partial charge on any atom is -0.482 e. The van der Waals surface area contributed by atoms with Crippen LogP contribution in [0.4, 0.5) is 0 Å². The first-order valence-electron chi connectivity index (χ1n) is 7.44. The third-order valence-corrected chi connectivity index (χ3v) is 3.26. The Bertz CT molecular complexity index is 570. The van der Waals surface area contributed by atoms with Gasteiger partial charge in [-0.05, 0) is 26.8 Å². The molecule has 0 saturated heterocycles. The summed E-state index contributed by atoms with van der Waals surface area (Å²) in [5, 5.41) is 7.64. The molecule has 0 aromatic carbocycles. The molecule has 0 aliphatic rings. The first-order chi connectivity index (χ1) is 9.95. The molecule has 0 amide bonds. The molecule has 21 heavy (non-hydrogen) atoms. The second-order valence-electron chi connectivity index (χ2n) is 5.87. The number of ether oxygens (including phenoxy) is 1. The SMILES string of the molecule is Cc1oc(COc2cnn(C(C)C)c2)cc1CNC(C)C. The van der Waals surface area contributed by atoms with Crippen LogP contribution in [0.3, 0.4) is 0 Å². The lowest BCUT2D eigenvalue weighted by molar-refractivity contribution is 0.267. The maximum absolute atomic E-state index is 5.73. The summed E-state index contributed by atoms with van der Waals surface area (Å²) in [5.74, 6) is 2.55. The summed E-state index contributed by atoms with van der Waals surface area (Å²) >= 11 is 0. The molecule has 5 heteroatoms. The molecule has 2 aromatic rings. The van der Waals surface area contributed by atoms with Crippen LogP contribution in [0.25, 0.3) is 0 Å². The second-order valence-corrected chi connectivity index (χ2v) is 5.87. The molecule has 0 aliphatic carbocycles. The van der Waals surface area contributed by atoms with Crippen LogP contribution in [-0.4, -0.2) is 15.8 Å². The first-order valence-corrected chi connectivity index (χ1v) is 7.44. The number of furan rings is 1. The van der Waals surface area contributed by atoms with Gasteiger partial charge in [0, 0.05) is 24.2 Å². The molecule has 0 saturated carbocycles. The monoisotopic (exact) mass is 291 g/mol. The van der Waals surface area contributed by atoms with Gasteiger partial charge in [-0.15, -0.1) is 0 Å². The Morgan fingerprint density at radius 3 is 2.71 bits per heavy atom. The van der Waals surface area contributed by atoms with Crippen molar-refractivity contribution in [3.05, 3.63) is 35.5 Å². The average molecular weight is 291 g/mol. The second kappa shape index (κ2) is 6.80. The van der Waals surface area contributed by atoms with Gasteiger partial charge in [0.1, 0.15) is 18.1 Å². The van der Waals surface area contributed by atoms with Crippen molar-refractivity contribution in [3.8, 4) is 5.75 Å². The quantitative estimate of drug-likeness (QED) is 0.849. The Balaban J connectivity index is 1.92. The molecule has 116 valence electrons. The molecule has 2 heterocycles. The van der Waals surface area contributed by atoms with Crippen molar-refractivity contribution in [1.82, 2.24) is 15.1 Å². The fourth-order valence-corrected chi connectivity index (χ4v) is 1.98. The van der Waals surface area contributed by atoms with E-state index < -0.39 is 0 Å². The predicted octanol–water partition coefficient (Wildman–Crippen LogP) is 3.44. The van der Waals surface area contributed by atoms with E-state index in [2.05, 4.69) is 44.2 Å². The van der Waals surface area contributed by atoms with Crippen molar-refractivity contribution < 1.29 is 9.15 Å². The number of nitrogens with one attached hydrogen (secondary N) is 1. The van der Waals surface area contributed by atoms with E-state index in [0.29, 0.717) is 18.7 Å². The van der Waals surface area contributed by atoms with E-state index in [9.17, 15) is 0 Å². The standard InChI is InChI=1S/C16H25N3O2/c1-11(2)17-7-14-6-15(21-13(14)5)10-20-16-8-18-19(9-16)12(3)4/h6,8-9,11-12,17H,7,10H2,1-5H3. The number of hydrogen-bond acceptors (Lipinski definition) is 4. The normalized spacial score (nSPS) is 11.6. The van der Waals surface area contributed by atoms with E-state index in [1.807, 2.05) is 17.8 Å². The van der Waals surface area contributed by atoms with Crippen LogP contribution in [0.2, 0.25) is 0 Å². The molecule has 2 aromatic heterocycles. The lowest BCUT2D eigenvalue weighted by Crippen LogP contribution is -2.21. The van der Waals surface area contributed by atoms with Gasteiger partial charge in [0.25, 0.3) is 0 Å². The summed E-state index contributed by atoms with van der Waals surface area (Å²) in [7, 11) is 0. The third-order valence-electron chi connectivity index (χ3n) is 3.26. The summed E-state index contributed by atoms with van der Waals surface area (Å²) in [5.41, 5.74) is 1.18. The summed E-state index contributed by atoms with van der Waals surface area (Å²) < 4.78 is 13.3. The molecule has 0 radical (unpaired) electrons. The highest BCUT2D eigenvalue weighted by molar-refractivity contribution is 5.21. The van der Waals surface area contributed by atoms with Crippen LogP contribution in [0.1, 0.15) is 50.8 Å². The van der Waals surface area contributed by atoms with Gasteiger partial charge >= 0.3 is 0 Å². The van der Waals surface area contributed by atoms with Gasteiger partial charge in [0.15, 0.2) is 5.75 Å². The Kier molecular flexibility index (Phi) is 5.07. The minimum absolute atomic E-state index is 0.335. The molecule has 0 aliphatic heterocycles. The topological polar surface area (TPSA) is 52.2 Å². The van der Waals surface area contributed by atoms with Crippen LogP contribution < -0.4 is 10.1 Å². The van der Waals surface area contributed by atoms with E-state index in [-0.39, 0.29) is 0 Å². The maximum atomic E-state index is 5.73. The average Bonchev–Trinajstić information content (AvgIpc) is 3.01. The largest absolute Gasteiger partial charge is 0.482 e. The smallest absolute Gasteiger partial charge is 0.157 e. The van der Waals surface area contributed by atoms with Gasteiger partial charge in [-0.1, -0.05) is 13.8 Å². The Labute approximate surface area is 126 Å². The highest BCUT2D eigenvalue weighted by atomic mass is 16.5. The zero-order valence-corrected chi connectivity index (χ0v) is 13.5. The van der Waals surface area contributed by atoms with Gasteiger partial charge in [0.05, 0.1) is 12.4 Å². The molecule has 0 atom stereocenters. The fraction of sp³-hybridized carbons (Fsp3) is 0.562. The Hall–Kier alpha value is -1.75. The summed E-state index contributed by atoms with van der Waals surface area (Å²) in [4.78, 5) is 0. The molecule has 2 rings (SSSR count). The number of aromatic nitrogens is 2. The van der Waals surface area contributed by atoms with Gasteiger partial charge in [-0.25, -0.2) is 0 Å². The van der Waals surface area contributed by atoms with Crippen molar-refractivity contribution in [3.63, 3.8) is 0 Å². The van der Waals surface area contributed by atoms with Gasteiger partial charge in [0.2, 0.25) is 0 Å². The van der Waals surface area contributed by atoms with Crippen LogP contribution >= 0.6 is 0 Å². The summed E-state index contributed by atoms with van der Waals surface area (Å²) in [6.45, 7) is 11.7. The number of aryl methyl sites for hydroxylation is 1. The lowest BCUT2D eigenvalue weighted by atomic mass is 10.2. The highest BCUT2D eigenvalue weighted by Gasteiger charge is 2.09. The van der Waals surface area contributed by atoms with E-state index in [0.717, 1.165) is 23.8 Å². The molecule has 5 nitrogen and oxygen atoms in total. The lowest BCUT2D eigenvalue weighted by Gasteiger charge is -2.06. The van der Waals surface area contributed by atoms with Gasteiger partial charge < -0.3 is 14.5 Å². The number of nitrogens with zero attached hydrogens (tertiary/aromatic N) is 2. The Morgan fingerprint density at radius 1 is 1.33 bits per heavy atom. The van der Waals surface area contributed by atoms with Crippen LogP contribution in [-0.2, 0) is 13.2 Å². The van der Waals surface area contributed by atoms with E-state index in [1.54, 1.807) is 6.20 Å². The molecule has 1 N–H and O–H groups in total. The van der Waals surface area contributed by atoms with Crippen LogP contribution in [0.15, 0.2) is 22.9 Å². The molecular weight excluding hydrogens is 266 g/mol. The number of hydrogen-bond donors (Lipinski definition) is 1. The van der Waals surface area contributed by atoms with E-state index >= 15 is 0 Å². The molecule has 0 unspecified atom stereocenters.